The number of hydrazone groups is 1. The number of carbonyl (C=O) groups is 1. The van der Waals surface area contributed by atoms with E-state index in [0.29, 0.717) is 5.75 Å². The fraction of sp³-hybridized carbons (Fsp3) is 0.0556. The van der Waals surface area contributed by atoms with Gasteiger partial charge in [-0.25, -0.2) is 14.4 Å². The average molecular weight is 423 g/mol. The van der Waals surface area contributed by atoms with Crippen LogP contribution >= 0.6 is 0 Å². The minimum absolute atomic E-state index is 0.0320. The summed E-state index contributed by atoms with van der Waals surface area (Å²) in [5.41, 5.74) is 8.94. The van der Waals surface area contributed by atoms with Crippen LogP contribution in [0.25, 0.3) is 5.82 Å². The summed E-state index contributed by atoms with van der Waals surface area (Å²) in [7, 11) is 0. The molecule has 4 aromatic rings. The summed E-state index contributed by atoms with van der Waals surface area (Å²) in [6.45, 7) is -0.165. The molecule has 3 N–H and O–H groups in total. The molecule has 1 amide bonds. The van der Waals surface area contributed by atoms with E-state index < -0.39 is 11.7 Å². The molecule has 0 fully saturated rings. The zero-order chi connectivity index (χ0) is 21.6. The smallest absolute Gasteiger partial charge is 0.293 e. The van der Waals surface area contributed by atoms with E-state index in [1.165, 1.54) is 30.5 Å². The Kier molecular flexibility index (Phi) is 5.55. The molecule has 0 aliphatic rings. The molecule has 0 aliphatic heterocycles. The minimum Gasteiger partial charge on any atom is -0.487 e. The van der Waals surface area contributed by atoms with Crippen LogP contribution in [0, 0.1) is 5.82 Å². The molecule has 12 nitrogen and oxygen atoms in total. The number of nitrogens with one attached hydrogen (secondary N) is 1. The molecule has 0 bridgehead atoms. The maximum Gasteiger partial charge on any atom is 0.293 e. The van der Waals surface area contributed by atoms with Gasteiger partial charge < -0.3 is 10.5 Å². The molecule has 4 rings (SSSR count). The van der Waals surface area contributed by atoms with Crippen molar-refractivity contribution in [2.45, 2.75) is 6.61 Å². The Hall–Kier alpha value is -4.68. The molecule has 13 heteroatoms. The van der Waals surface area contributed by atoms with Crippen molar-refractivity contribution in [3.05, 3.63) is 71.6 Å². The first-order valence-corrected chi connectivity index (χ1v) is 8.76. The zero-order valence-corrected chi connectivity index (χ0v) is 15.7. The third-order valence-electron chi connectivity index (χ3n) is 3.95. The maximum absolute atomic E-state index is 13.1. The van der Waals surface area contributed by atoms with Gasteiger partial charge in [-0.15, -0.1) is 5.10 Å². The Morgan fingerprint density at radius 1 is 1.23 bits per heavy atom. The fourth-order valence-electron chi connectivity index (χ4n) is 2.47. The number of anilines is 1. The van der Waals surface area contributed by atoms with E-state index in [0.717, 1.165) is 10.2 Å². The molecular formula is C18H14FN9O3. The van der Waals surface area contributed by atoms with Crippen LogP contribution < -0.4 is 15.9 Å². The Morgan fingerprint density at radius 3 is 2.71 bits per heavy atom. The van der Waals surface area contributed by atoms with Gasteiger partial charge in [-0.2, -0.15) is 9.78 Å². The number of benzene rings is 1. The number of nitrogen functional groups attached to an aromatic ring is 1. The molecule has 3 aromatic heterocycles. The highest BCUT2D eigenvalue weighted by molar-refractivity contribution is 5.94. The van der Waals surface area contributed by atoms with Crippen molar-refractivity contribution in [3.8, 4) is 11.6 Å². The molecule has 0 saturated heterocycles. The van der Waals surface area contributed by atoms with Crippen LogP contribution in [0.4, 0.5) is 10.2 Å². The molecule has 0 saturated carbocycles. The summed E-state index contributed by atoms with van der Waals surface area (Å²) in [6.07, 6.45) is 4.63. The standard InChI is InChI=1S/C18H14FN9O3/c19-12-1-3-13(4-2-12)30-10-14-15(23-27-28(14)17-16(20)25-31-26-17)18(29)24-22-9-11-5-7-21-8-6-11/h1-9H,10H2,(H2,20,25)(H,24,29)/b22-9-. The molecule has 0 atom stereocenters. The van der Waals surface area contributed by atoms with Gasteiger partial charge in [-0.05, 0) is 52.3 Å². The second-order valence-electron chi connectivity index (χ2n) is 5.99. The summed E-state index contributed by atoms with van der Waals surface area (Å²) in [6, 6.07) is 8.79. The van der Waals surface area contributed by atoms with Gasteiger partial charge in [0.15, 0.2) is 5.69 Å². The van der Waals surface area contributed by atoms with Crippen LogP contribution in [0.15, 0.2) is 58.5 Å². The number of hydrogen-bond donors (Lipinski definition) is 2. The van der Waals surface area contributed by atoms with Gasteiger partial charge in [0.1, 0.15) is 23.9 Å². The van der Waals surface area contributed by atoms with Gasteiger partial charge in [0, 0.05) is 12.4 Å². The van der Waals surface area contributed by atoms with Crippen molar-refractivity contribution in [3.63, 3.8) is 0 Å². The summed E-state index contributed by atoms with van der Waals surface area (Å²) in [4.78, 5) is 16.5. The zero-order valence-electron chi connectivity index (χ0n) is 15.7. The number of rotatable bonds is 7. The lowest BCUT2D eigenvalue weighted by Gasteiger charge is -2.08. The highest BCUT2D eigenvalue weighted by atomic mass is 19.1. The highest BCUT2D eigenvalue weighted by Gasteiger charge is 2.24. The van der Waals surface area contributed by atoms with Crippen LogP contribution in [0.5, 0.6) is 5.75 Å². The van der Waals surface area contributed by atoms with Gasteiger partial charge in [0.2, 0.25) is 11.6 Å². The number of ether oxygens (including phenoxy) is 1. The van der Waals surface area contributed by atoms with Gasteiger partial charge in [-0.3, -0.25) is 9.78 Å². The molecule has 156 valence electrons. The minimum atomic E-state index is -0.649. The number of pyridine rings is 1. The molecule has 3 heterocycles. The summed E-state index contributed by atoms with van der Waals surface area (Å²) < 4.78 is 24.5. The first kappa shape index (κ1) is 19.6. The number of nitrogens with two attached hydrogens (primary N) is 1. The third kappa shape index (κ3) is 4.50. The predicted molar refractivity (Wildman–Crippen MR) is 104 cm³/mol. The number of hydrogen-bond acceptors (Lipinski definition) is 10. The number of carbonyl (C=O) groups excluding carboxylic acids is 1. The lowest BCUT2D eigenvalue weighted by atomic mass is 10.3. The van der Waals surface area contributed by atoms with Crippen LogP contribution in [-0.4, -0.2) is 42.4 Å². The number of aromatic nitrogens is 6. The second kappa shape index (κ2) is 8.77. The van der Waals surface area contributed by atoms with E-state index in [-0.39, 0.29) is 29.6 Å². The van der Waals surface area contributed by atoms with Gasteiger partial charge in [-0.1, -0.05) is 5.21 Å². The molecule has 31 heavy (non-hydrogen) atoms. The number of halogens is 1. The van der Waals surface area contributed by atoms with Crippen molar-refractivity contribution in [1.29, 1.82) is 0 Å². The van der Waals surface area contributed by atoms with E-state index in [4.69, 9.17) is 10.5 Å². The first-order chi connectivity index (χ1) is 15.1. The topological polar surface area (TPSA) is 159 Å². The Morgan fingerprint density at radius 2 is 2.00 bits per heavy atom. The number of nitrogens with zero attached hydrogens (tertiary/aromatic N) is 7. The predicted octanol–water partition coefficient (Wildman–Crippen LogP) is 1.11. The van der Waals surface area contributed by atoms with Crippen molar-refractivity contribution in [2.24, 2.45) is 5.10 Å². The van der Waals surface area contributed by atoms with Crippen LogP contribution in [0.1, 0.15) is 21.7 Å². The molecular weight excluding hydrogens is 409 g/mol. The Balaban J connectivity index is 1.58. The van der Waals surface area contributed by atoms with Crippen LogP contribution in [-0.2, 0) is 6.61 Å². The van der Waals surface area contributed by atoms with Crippen molar-refractivity contribution in [1.82, 2.24) is 35.7 Å². The fourth-order valence-corrected chi connectivity index (χ4v) is 2.47. The first-order valence-electron chi connectivity index (χ1n) is 8.76. The van der Waals surface area contributed by atoms with E-state index in [2.05, 4.69) is 40.8 Å². The summed E-state index contributed by atoms with van der Waals surface area (Å²) in [5.74, 6) is -0.723. The lowest BCUT2D eigenvalue weighted by Crippen LogP contribution is -2.21. The lowest BCUT2D eigenvalue weighted by molar-refractivity contribution is 0.0947. The van der Waals surface area contributed by atoms with Crippen molar-refractivity contribution in [2.75, 3.05) is 5.73 Å². The molecule has 0 unspecified atom stereocenters. The molecule has 0 aliphatic carbocycles. The Bertz CT molecular complexity index is 1210. The highest BCUT2D eigenvalue weighted by Crippen LogP contribution is 2.19. The van der Waals surface area contributed by atoms with Crippen molar-refractivity contribution >= 4 is 17.9 Å². The SMILES string of the molecule is Nc1nonc1-n1nnc(C(=O)N/N=C\c2ccncc2)c1COc1ccc(F)cc1. The summed E-state index contributed by atoms with van der Waals surface area (Å²) >= 11 is 0. The second-order valence-corrected chi connectivity index (χ2v) is 5.99. The van der Waals surface area contributed by atoms with E-state index in [9.17, 15) is 9.18 Å². The third-order valence-corrected chi connectivity index (χ3v) is 3.95. The van der Waals surface area contributed by atoms with Crippen molar-refractivity contribution < 1.29 is 18.6 Å². The van der Waals surface area contributed by atoms with Crippen LogP contribution in [0.2, 0.25) is 0 Å². The van der Waals surface area contributed by atoms with Gasteiger partial charge >= 0.3 is 0 Å². The normalized spacial score (nSPS) is 11.0. The van der Waals surface area contributed by atoms with Gasteiger partial charge in [0.25, 0.3) is 5.91 Å². The van der Waals surface area contributed by atoms with E-state index >= 15 is 0 Å². The summed E-state index contributed by atoms with van der Waals surface area (Å²) in [5, 5.41) is 18.8. The van der Waals surface area contributed by atoms with Gasteiger partial charge in [0.05, 0.1) is 6.21 Å². The largest absolute Gasteiger partial charge is 0.487 e. The van der Waals surface area contributed by atoms with E-state index in [1.54, 1.807) is 24.5 Å². The quantitative estimate of drug-likeness (QED) is 0.328. The maximum atomic E-state index is 13.1. The molecule has 1 aromatic carbocycles. The molecule has 0 spiro atoms. The van der Waals surface area contributed by atoms with E-state index in [1.807, 2.05) is 0 Å². The average Bonchev–Trinajstić information content (AvgIpc) is 3.39. The number of amides is 1. The van der Waals surface area contributed by atoms with Crippen LogP contribution in [0.3, 0.4) is 0 Å². The monoisotopic (exact) mass is 423 g/mol. The molecule has 0 radical (unpaired) electrons. The Labute approximate surface area is 173 Å².